The fourth-order valence-electron chi connectivity index (χ4n) is 1.98. The molecule has 6 nitrogen and oxygen atoms in total. The van der Waals surface area contributed by atoms with Gasteiger partial charge in [-0.15, -0.1) is 0 Å². The maximum absolute atomic E-state index is 10.8. The number of ether oxygens (including phenoxy) is 2. The highest BCUT2D eigenvalue weighted by Gasteiger charge is 2.21. The molecule has 1 unspecified atom stereocenters. The van der Waals surface area contributed by atoms with Crippen LogP contribution in [0.15, 0.2) is 12.1 Å². The zero-order valence-corrected chi connectivity index (χ0v) is 11.4. The Morgan fingerprint density at radius 1 is 1.45 bits per heavy atom. The molecule has 1 heterocycles. The lowest BCUT2D eigenvalue weighted by Crippen LogP contribution is -2.22. The SMILES string of the molecule is O=CNC(CC(=O)O)c1cc(Cl)c2c(c1)OCCCO2. The average Bonchev–Trinajstić information content (AvgIpc) is 2.63. The Morgan fingerprint density at radius 2 is 2.20 bits per heavy atom. The third-order valence-electron chi connectivity index (χ3n) is 2.87. The summed E-state index contributed by atoms with van der Waals surface area (Å²) >= 11 is 6.13. The molecule has 0 radical (unpaired) electrons. The summed E-state index contributed by atoms with van der Waals surface area (Å²) in [6.07, 6.45) is 0.963. The van der Waals surface area contributed by atoms with Gasteiger partial charge in [0.05, 0.1) is 30.7 Å². The summed E-state index contributed by atoms with van der Waals surface area (Å²) in [7, 11) is 0. The number of rotatable bonds is 5. The van der Waals surface area contributed by atoms with Gasteiger partial charge in [-0.3, -0.25) is 9.59 Å². The third-order valence-corrected chi connectivity index (χ3v) is 3.16. The molecule has 0 fully saturated rings. The van der Waals surface area contributed by atoms with Crippen LogP contribution >= 0.6 is 11.6 Å². The first-order valence-electron chi connectivity index (χ1n) is 6.12. The molecular formula is C13H14ClNO5. The zero-order chi connectivity index (χ0) is 14.5. The van der Waals surface area contributed by atoms with E-state index in [1.54, 1.807) is 12.1 Å². The second-order valence-electron chi connectivity index (χ2n) is 4.32. The number of hydrogen-bond donors (Lipinski definition) is 2. The van der Waals surface area contributed by atoms with Crippen LogP contribution in [0.3, 0.4) is 0 Å². The molecule has 1 atom stereocenters. The van der Waals surface area contributed by atoms with Gasteiger partial charge in [-0.25, -0.2) is 0 Å². The van der Waals surface area contributed by atoms with E-state index in [4.69, 9.17) is 26.2 Å². The highest BCUT2D eigenvalue weighted by Crippen LogP contribution is 2.39. The highest BCUT2D eigenvalue weighted by molar-refractivity contribution is 6.32. The number of benzene rings is 1. The van der Waals surface area contributed by atoms with E-state index in [9.17, 15) is 9.59 Å². The van der Waals surface area contributed by atoms with Crippen molar-refractivity contribution < 1.29 is 24.2 Å². The number of carbonyl (C=O) groups excluding carboxylic acids is 1. The molecule has 0 spiro atoms. The number of carboxylic acid groups (broad SMARTS) is 1. The Morgan fingerprint density at radius 3 is 2.90 bits per heavy atom. The number of carbonyl (C=O) groups is 2. The minimum absolute atomic E-state index is 0.241. The van der Waals surface area contributed by atoms with Crippen molar-refractivity contribution in [2.24, 2.45) is 0 Å². The van der Waals surface area contributed by atoms with Crippen LogP contribution in [0, 0.1) is 0 Å². The predicted octanol–water partition coefficient (Wildman–Crippen LogP) is 1.76. The quantitative estimate of drug-likeness (QED) is 0.809. The van der Waals surface area contributed by atoms with Gasteiger partial charge in [0.1, 0.15) is 0 Å². The van der Waals surface area contributed by atoms with E-state index in [1.807, 2.05) is 0 Å². The van der Waals surface area contributed by atoms with Crippen LogP contribution < -0.4 is 14.8 Å². The van der Waals surface area contributed by atoms with Gasteiger partial charge in [-0.2, -0.15) is 0 Å². The van der Waals surface area contributed by atoms with E-state index in [2.05, 4.69) is 5.32 Å². The molecule has 2 N–H and O–H groups in total. The van der Waals surface area contributed by atoms with E-state index in [-0.39, 0.29) is 6.42 Å². The molecule has 1 aliphatic heterocycles. The molecule has 0 aromatic heterocycles. The molecule has 7 heteroatoms. The van der Waals surface area contributed by atoms with Crippen molar-refractivity contribution in [3.63, 3.8) is 0 Å². The molecule has 0 bridgehead atoms. The van der Waals surface area contributed by atoms with Gasteiger partial charge in [0.25, 0.3) is 0 Å². The Balaban J connectivity index is 2.35. The number of halogens is 1. The number of aliphatic carboxylic acids is 1. The van der Waals surface area contributed by atoms with E-state index >= 15 is 0 Å². The van der Waals surface area contributed by atoms with Crippen LogP contribution in [0.1, 0.15) is 24.4 Å². The van der Waals surface area contributed by atoms with Crippen molar-refractivity contribution in [3.8, 4) is 11.5 Å². The normalized spacial score (nSPS) is 15.1. The van der Waals surface area contributed by atoms with Gasteiger partial charge in [0.2, 0.25) is 6.41 Å². The number of hydrogen-bond acceptors (Lipinski definition) is 4. The van der Waals surface area contributed by atoms with Gasteiger partial charge < -0.3 is 19.9 Å². The molecule has 2 rings (SSSR count). The van der Waals surface area contributed by atoms with Crippen LogP contribution in [-0.2, 0) is 9.59 Å². The molecular weight excluding hydrogens is 286 g/mol. The molecule has 0 aliphatic carbocycles. The minimum Gasteiger partial charge on any atom is -0.489 e. The number of fused-ring (bicyclic) bond motifs is 1. The van der Waals surface area contributed by atoms with Crippen molar-refractivity contribution in [2.75, 3.05) is 13.2 Å². The average molecular weight is 300 g/mol. The van der Waals surface area contributed by atoms with Gasteiger partial charge >= 0.3 is 5.97 Å². The first-order chi connectivity index (χ1) is 9.61. The van der Waals surface area contributed by atoms with Crippen molar-refractivity contribution in [3.05, 3.63) is 22.7 Å². The summed E-state index contributed by atoms with van der Waals surface area (Å²) in [5.41, 5.74) is 0.564. The Kier molecular flexibility index (Phi) is 4.68. The number of nitrogens with one attached hydrogen (secondary N) is 1. The van der Waals surface area contributed by atoms with Crippen molar-refractivity contribution in [1.82, 2.24) is 5.32 Å². The fraction of sp³-hybridized carbons (Fsp3) is 0.385. The first-order valence-corrected chi connectivity index (χ1v) is 6.50. The monoisotopic (exact) mass is 299 g/mol. The van der Waals surface area contributed by atoms with Crippen molar-refractivity contribution >= 4 is 24.0 Å². The fourth-order valence-corrected chi connectivity index (χ4v) is 2.26. The summed E-state index contributed by atoms with van der Waals surface area (Å²) in [6, 6.07) is 2.56. The Hall–Kier alpha value is -1.95. The van der Waals surface area contributed by atoms with Gasteiger partial charge in [-0.05, 0) is 17.7 Å². The van der Waals surface area contributed by atoms with Crippen LogP contribution in [-0.4, -0.2) is 30.7 Å². The van der Waals surface area contributed by atoms with Crippen molar-refractivity contribution in [1.29, 1.82) is 0 Å². The van der Waals surface area contributed by atoms with E-state index in [0.29, 0.717) is 41.7 Å². The minimum atomic E-state index is -1.02. The standard InChI is InChI=1S/C13H14ClNO5/c14-9-4-8(10(15-7-16)6-12(17)18)5-11-13(9)20-3-1-2-19-11/h4-5,7,10H,1-3,6H2,(H,15,16)(H,17,18). The molecule has 1 aromatic carbocycles. The second kappa shape index (κ2) is 6.47. The van der Waals surface area contributed by atoms with Crippen LogP contribution in [0.4, 0.5) is 0 Å². The topological polar surface area (TPSA) is 84.9 Å². The summed E-state index contributed by atoms with van der Waals surface area (Å²) in [6.45, 7) is 1.01. The van der Waals surface area contributed by atoms with Crippen LogP contribution in [0.5, 0.6) is 11.5 Å². The molecule has 1 amide bonds. The Labute approximate surface area is 120 Å². The second-order valence-corrected chi connectivity index (χ2v) is 4.72. The van der Waals surface area contributed by atoms with Crippen LogP contribution in [0.25, 0.3) is 0 Å². The summed E-state index contributed by atoms with van der Waals surface area (Å²) in [4.78, 5) is 21.4. The highest BCUT2D eigenvalue weighted by atomic mass is 35.5. The lowest BCUT2D eigenvalue weighted by molar-refractivity contribution is -0.137. The molecule has 1 aliphatic rings. The lowest BCUT2D eigenvalue weighted by Gasteiger charge is -2.17. The van der Waals surface area contributed by atoms with Crippen LogP contribution in [0.2, 0.25) is 5.02 Å². The molecule has 0 saturated heterocycles. The summed E-state index contributed by atoms with van der Waals surface area (Å²) < 4.78 is 11.0. The smallest absolute Gasteiger partial charge is 0.305 e. The largest absolute Gasteiger partial charge is 0.489 e. The maximum atomic E-state index is 10.8. The van der Waals surface area contributed by atoms with Gasteiger partial charge in [0.15, 0.2) is 11.5 Å². The zero-order valence-electron chi connectivity index (χ0n) is 10.6. The molecule has 108 valence electrons. The summed E-state index contributed by atoms with van der Waals surface area (Å²) in [5, 5.41) is 11.7. The summed E-state index contributed by atoms with van der Waals surface area (Å²) in [5.74, 6) is -0.103. The first kappa shape index (κ1) is 14.5. The molecule has 20 heavy (non-hydrogen) atoms. The van der Waals surface area contributed by atoms with E-state index in [0.717, 1.165) is 6.42 Å². The lowest BCUT2D eigenvalue weighted by atomic mass is 10.0. The number of amides is 1. The van der Waals surface area contributed by atoms with E-state index < -0.39 is 12.0 Å². The Bertz CT molecular complexity index is 520. The van der Waals surface area contributed by atoms with Crippen molar-refractivity contribution in [2.45, 2.75) is 18.9 Å². The van der Waals surface area contributed by atoms with Gasteiger partial charge in [0, 0.05) is 6.42 Å². The van der Waals surface area contributed by atoms with E-state index in [1.165, 1.54) is 0 Å². The van der Waals surface area contributed by atoms with Gasteiger partial charge in [-0.1, -0.05) is 11.6 Å². The number of carboxylic acids is 1. The maximum Gasteiger partial charge on any atom is 0.305 e. The third kappa shape index (κ3) is 3.33. The molecule has 1 aromatic rings. The predicted molar refractivity (Wildman–Crippen MR) is 71.3 cm³/mol. The molecule has 0 saturated carbocycles.